The van der Waals surface area contributed by atoms with Gasteiger partial charge in [0.2, 0.25) is 5.95 Å². The number of halogens is 2. The van der Waals surface area contributed by atoms with Crippen molar-refractivity contribution < 1.29 is 4.74 Å². The lowest BCUT2D eigenvalue weighted by molar-refractivity contribution is 0.0973. The Bertz CT molecular complexity index is 1440. The molecule has 0 aliphatic carbocycles. The first-order valence-electron chi connectivity index (χ1n) is 11.2. The minimum Gasteiger partial charge on any atom is -0.376 e. The second-order valence-electron chi connectivity index (χ2n) is 9.13. The minimum absolute atomic E-state index is 0.0480. The van der Waals surface area contributed by atoms with E-state index in [-0.39, 0.29) is 17.6 Å². The summed E-state index contributed by atoms with van der Waals surface area (Å²) in [4.78, 5) is 11.8. The fourth-order valence-corrected chi connectivity index (χ4v) is 5.65. The Kier molecular flexibility index (Phi) is 5.19. The second-order valence-corrected chi connectivity index (χ2v) is 10.0. The molecule has 6 rings (SSSR count). The van der Waals surface area contributed by atoms with Crippen molar-refractivity contribution in [1.29, 1.82) is 0 Å². The molecule has 8 nitrogen and oxygen atoms in total. The Morgan fingerprint density at radius 3 is 2.65 bits per heavy atom. The summed E-state index contributed by atoms with van der Waals surface area (Å²) in [6, 6.07) is 5.28. The SMILES string of the molecule is C[C@@H]1OCC2(CCN(c3nc4n[nH]c(C#Cc5cc(Cl)cc(Cl)c5)c4c4nccn34)CC2)[C@@H]1N. The summed E-state index contributed by atoms with van der Waals surface area (Å²) < 4.78 is 7.87. The van der Waals surface area contributed by atoms with Crippen molar-refractivity contribution in [3.05, 3.63) is 51.9 Å². The van der Waals surface area contributed by atoms with Crippen LogP contribution in [0.15, 0.2) is 30.6 Å². The van der Waals surface area contributed by atoms with Crippen molar-refractivity contribution in [2.45, 2.75) is 31.9 Å². The van der Waals surface area contributed by atoms with Crippen LogP contribution in [0.3, 0.4) is 0 Å². The molecule has 1 spiro atoms. The number of nitrogens with two attached hydrogens (primary N) is 1. The van der Waals surface area contributed by atoms with Gasteiger partial charge in [0.05, 0.1) is 18.1 Å². The number of imidazole rings is 1. The van der Waals surface area contributed by atoms with E-state index in [2.05, 4.69) is 38.8 Å². The zero-order chi connectivity index (χ0) is 23.4. The van der Waals surface area contributed by atoms with E-state index in [1.807, 2.05) is 10.6 Å². The number of hydrogen-bond donors (Lipinski definition) is 2. The number of aromatic amines is 1. The Balaban J connectivity index is 1.35. The van der Waals surface area contributed by atoms with Crippen LogP contribution in [-0.4, -0.2) is 56.4 Å². The van der Waals surface area contributed by atoms with Gasteiger partial charge in [0.25, 0.3) is 0 Å². The Hall–Kier alpha value is -2.83. The normalized spacial score (nSPS) is 21.9. The van der Waals surface area contributed by atoms with E-state index in [4.69, 9.17) is 38.7 Å². The van der Waals surface area contributed by atoms with Crippen molar-refractivity contribution in [3.63, 3.8) is 0 Å². The monoisotopic (exact) mass is 495 g/mol. The van der Waals surface area contributed by atoms with Gasteiger partial charge in [-0.15, -0.1) is 0 Å². The van der Waals surface area contributed by atoms with Gasteiger partial charge in [0, 0.05) is 52.5 Å². The number of H-pyrrole nitrogens is 1. The number of benzene rings is 1. The van der Waals surface area contributed by atoms with Crippen molar-refractivity contribution >= 4 is 45.8 Å². The topological polar surface area (TPSA) is 97.4 Å². The fraction of sp³-hybridized carbons (Fsp3) is 0.375. The van der Waals surface area contributed by atoms with E-state index in [0.29, 0.717) is 21.4 Å². The predicted molar refractivity (Wildman–Crippen MR) is 132 cm³/mol. The average molecular weight is 496 g/mol. The number of rotatable bonds is 1. The predicted octanol–water partition coefficient (Wildman–Crippen LogP) is 3.64. The van der Waals surface area contributed by atoms with Crippen molar-refractivity contribution in [2.24, 2.45) is 11.1 Å². The maximum Gasteiger partial charge on any atom is 0.213 e. The van der Waals surface area contributed by atoms with Crippen LogP contribution >= 0.6 is 23.2 Å². The summed E-state index contributed by atoms with van der Waals surface area (Å²) in [7, 11) is 0. The standard InChI is InChI=1S/C24H23Cl2N7O/c1-14-20(27)24(13-34-14)4-7-32(8-5-24)23-29-21-19(22-28-6-9-33(22)23)18(30-31-21)3-2-15-10-16(25)12-17(26)11-15/h6,9-12,14,20H,4-5,7-8,13,27H2,1H3,(H,30,31)/t14-,20+/m0/s1. The molecular weight excluding hydrogens is 473 g/mol. The van der Waals surface area contributed by atoms with Crippen LogP contribution in [0.4, 0.5) is 5.95 Å². The van der Waals surface area contributed by atoms with Crippen molar-refractivity contribution in [3.8, 4) is 11.8 Å². The molecule has 4 aromatic rings. The van der Waals surface area contributed by atoms with Gasteiger partial charge in [0.1, 0.15) is 5.69 Å². The molecule has 2 fully saturated rings. The average Bonchev–Trinajstić information content (AvgIpc) is 3.52. The number of anilines is 1. The summed E-state index contributed by atoms with van der Waals surface area (Å²) in [5, 5.41) is 9.31. The molecule has 0 radical (unpaired) electrons. The fourth-order valence-electron chi connectivity index (χ4n) is 5.12. The number of fused-ring (bicyclic) bond motifs is 3. The zero-order valence-corrected chi connectivity index (χ0v) is 20.1. The molecular formula is C24H23Cl2N7O. The van der Waals surface area contributed by atoms with Gasteiger partial charge in [-0.2, -0.15) is 10.1 Å². The molecule has 2 aliphatic heterocycles. The molecule has 0 bridgehead atoms. The maximum absolute atomic E-state index is 6.49. The highest BCUT2D eigenvalue weighted by atomic mass is 35.5. The van der Waals surface area contributed by atoms with Crippen LogP contribution in [0.1, 0.15) is 31.0 Å². The highest BCUT2D eigenvalue weighted by Crippen LogP contribution is 2.42. The van der Waals surface area contributed by atoms with Crippen LogP contribution in [-0.2, 0) is 4.74 Å². The molecule has 0 saturated carbocycles. The number of hydrogen-bond acceptors (Lipinski definition) is 6. The lowest BCUT2D eigenvalue weighted by Crippen LogP contribution is -2.51. The first kappa shape index (κ1) is 21.7. The van der Waals surface area contributed by atoms with Gasteiger partial charge in [-0.3, -0.25) is 9.50 Å². The van der Waals surface area contributed by atoms with E-state index in [0.717, 1.165) is 55.1 Å². The highest BCUT2D eigenvalue weighted by Gasteiger charge is 2.47. The molecule has 2 aliphatic rings. The van der Waals surface area contributed by atoms with Crippen LogP contribution in [0.25, 0.3) is 16.7 Å². The molecule has 1 aromatic carbocycles. The molecule has 2 saturated heterocycles. The third kappa shape index (κ3) is 3.51. The second kappa shape index (κ2) is 8.14. The van der Waals surface area contributed by atoms with E-state index >= 15 is 0 Å². The highest BCUT2D eigenvalue weighted by molar-refractivity contribution is 6.34. The van der Waals surface area contributed by atoms with Gasteiger partial charge in [-0.1, -0.05) is 29.1 Å². The molecule has 174 valence electrons. The van der Waals surface area contributed by atoms with Gasteiger partial charge < -0.3 is 15.4 Å². The molecule has 10 heteroatoms. The van der Waals surface area contributed by atoms with E-state index in [1.165, 1.54) is 0 Å². The third-order valence-corrected chi connectivity index (χ3v) is 7.55. The van der Waals surface area contributed by atoms with Gasteiger partial charge >= 0.3 is 0 Å². The van der Waals surface area contributed by atoms with E-state index in [9.17, 15) is 0 Å². The summed E-state index contributed by atoms with van der Waals surface area (Å²) >= 11 is 12.2. The van der Waals surface area contributed by atoms with Crippen molar-refractivity contribution in [2.75, 3.05) is 24.6 Å². The number of nitrogens with zero attached hydrogens (tertiary/aromatic N) is 5. The molecule has 5 heterocycles. The maximum atomic E-state index is 6.49. The first-order valence-corrected chi connectivity index (χ1v) is 12.0. The number of ether oxygens (including phenoxy) is 1. The Labute approximate surface area is 206 Å². The van der Waals surface area contributed by atoms with Crippen molar-refractivity contribution in [1.82, 2.24) is 24.6 Å². The van der Waals surface area contributed by atoms with E-state index in [1.54, 1.807) is 24.4 Å². The summed E-state index contributed by atoms with van der Waals surface area (Å²) in [5.74, 6) is 7.07. The first-order chi connectivity index (χ1) is 16.4. The molecule has 3 aromatic heterocycles. The van der Waals surface area contributed by atoms with Gasteiger partial charge in [0.15, 0.2) is 11.3 Å². The number of nitrogens with one attached hydrogen (secondary N) is 1. The smallest absolute Gasteiger partial charge is 0.213 e. The molecule has 0 amide bonds. The third-order valence-electron chi connectivity index (χ3n) is 7.12. The largest absolute Gasteiger partial charge is 0.376 e. The van der Waals surface area contributed by atoms with Crippen LogP contribution in [0.2, 0.25) is 10.0 Å². The summed E-state index contributed by atoms with van der Waals surface area (Å²) in [5.41, 5.74) is 9.24. The molecule has 3 N–H and O–H groups in total. The summed E-state index contributed by atoms with van der Waals surface area (Å²) in [6.07, 6.45) is 5.73. The number of aromatic nitrogens is 5. The van der Waals surface area contributed by atoms with Crippen LogP contribution in [0, 0.1) is 17.3 Å². The van der Waals surface area contributed by atoms with Gasteiger partial charge in [-0.25, -0.2) is 4.98 Å². The molecule has 0 unspecified atom stereocenters. The van der Waals surface area contributed by atoms with Crippen LogP contribution < -0.4 is 10.6 Å². The number of piperidine rings is 1. The van der Waals surface area contributed by atoms with Gasteiger partial charge in [-0.05, 0) is 43.9 Å². The Morgan fingerprint density at radius 1 is 1.18 bits per heavy atom. The molecule has 34 heavy (non-hydrogen) atoms. The lowest BCUT2D eigenvalue weighted by atomic mass is 9.73. The summed E-state index contributed by atoms with van der Waals surface area (Å²) in [6.45, 7) is 4.50. The molecule has 2 atom stereocenters. The Morgan fingerprint density at radius 2 is 1.94 bits per heavy atom. The quantitative estimate of drug-likeness (QED) is 0.391. The lowest BCUT2D eigenvalue weighted by Gasteiger charge is -2.41. The zero-order valence-electron chi connectivity index (χ0n) is 18.6. The van der Waals surface area contributed by atoms with Crippen LogP contribution in [0.5, 0.6) is 0 Å². The minimum atomic E-state index is 0.0480. The van der Waals surface area contributed by atoms with E-state index < -0.39 is 0 Å².